The normalized spacial score (nSPS) is 17.0. The quantitative estimate of drug-likeness (QED) is 0.181. The van der Waals surface area contributed by atoms with Crippen molar-refractivity contribution >= 4 is 55.7 Å². The number of benzene rings is 3. The lowest BCUT2D eigenvalue weighted by Gasteiger charge is -2.24. The molecule has 3 aromatic carbocycles. The number of nitrogens with zero attached hydrogens (tertiary/aromatic N) is 2. The Morgan fingerprint density at radius 1 is 1.11 bits per heavy atom. The molecule has 7 nitrogen and oxygen atoms in total. The lowest BCUT2D eigenvalue weighted by Crippen LogP contribution is -2.29. The van der Waals surface area contributed by atoms with Crippen LogP contribution in [0.15, 0.2) is 66.2 Å². The molecule has 0 radical (unpaired) electrons. The van der Waals surface area contributed by atoms with Gasteiger partial charge in [-0.25, -0.2) is 9.37 Å². The highest BCUT2D eigenvalue weighted by atomic mass is 35.5. The zero-order valence-electron chi connectivity index (χ0n) is 19.7. The summed E-state index contributed by atoms with van der Waals surface area (Å²) in [6, 6.07) is 14.1. The lowest BCUT2D eigenvalue weighted by molar-refractivity contribution is -0.132. The van der Waals surface area contributed by atoms with E-state index in [9.17, 15) is 19.1 Å². The summed E-state index contributed by atoms with van der Waals surface area (Å²) < 4.78 is 25.4. The Bertz CT molecular complexity index is 1570. The summed E-state index contributed by atoms with van der Waals surface area (Å²) in [5, 5.41) is 12.0. The predicted molar refractivity (Wildman–Crippen MR) is 140 cm³/mol. The maximum atomic E-state index is 13.5. The summed E-state index contributed by atoms with van der Waals surface area (Å²) in [5.41, 5.74) is 1.13. The van der Waals surface area contributed by atoms with Crippen molar-refractivity contribution in [2.75, 3.05) is 18.6 Å². The van der Waals surface area contributed by atoms with E-state index in [1.165, 1.54) is 35.5 Å². The number of methoxy groups -OCH3 is 1. The first-order valence-corrected chi connectivity index (χ1v) is 12.5. The minimum absolute atomic E-state index is 0.153. The van der Waals surface area contributed by atoms with Crippen LogP contribution in [0.4, 0.5) is 9.52 Å². The standard InChI is InChI=1S/C27H20ClFN2O5S/c1-3-36-19-11-6-15(12-20(19)35-2)23-22(24(32)14-4-8-17(29)9-5-14)25(33)26(34)31(23)27-30-18-10-7-16(28)13-21(18)37-27/h4-13,23,32H,3H2,1-2H3/b24-22+. The molecule has 1 atom stereocenters. The molecule has 0 aliphatic carbocycles. The molecule has 1 unspecified atom stereocenters. The van der Waals surface area contributed by atoms with Crippen molar-refractivity contribution in [3.8, 4) is 11.5 Å². The molecule has 4 aromatic rings. The average molecular weight is 539 g/mol. The minimum Gasteiger partial charge on any atom is -0.507 e. The number of fused-ring (bicyclic) bond motifs is 1. The summed E-state index contributed by atoms with van der Waals surface area (Å²) in [4.78, 5) is 32.6. The minimum atomic E-state index is -1.04. The number of aliphatic hydroxyl groups excluding tert-OH is 1. The number of carbonyl (C=O) groups excluding carboxylic acids is 2. The fraction of sp³-hybridized carbons (Fsp3) is 0.148. The number of hydrogen-bond acceptors (Lipinski definition) is 7. The number of aromatic nitrogens is 1. The molecular weight excluding hydrogens is 519 g/mol. The molecule has 1 aliphatic rings. The highest BCUT2D eigenvalue weighted by Crippen LogP contribution is 2.46. The van der Waals surface area contributed by atoms with Crippen LogP contribution in [0.5, 0.6) is 11.5 Å². The van der Waals surface area contributed by atoms with E-state index in [4.69, 9.17) is 21.1 Å². The predicted octanol–water partition coefficient (Wildman–Crippen LogP) is 6.12. The van der Waals surface area contributed by atoms with Crippen molar-refractivity contribution in [1.82, 2.24) is 4.98 Å². The first-order chi connectivity index (χ1) is 17.8. The molecule has 37 heavy (non-hydrogen) atoms. The van der Waals surface area contributed by atoms with Crippen molar-refractivity contribution in [3.05, 3.63) is 88.2 Å². The summed E-state index contributed by atoms with van der Waals surface area (Å²) >= 11 is 7.33. The van der Waals surface area contributed by atoms with Gasteiger partial charge in [-0.05, 0) is 67.1 Å². The van der Waals surface area contributed by atoms with E-state index in [-0.39, 0.29) is 16.3 Å². The SMILES string of the molecule is CCOc1ccc(C2/C(=C(\O)c3ccc(F)cc3)C(=O)C(=O)N2c2nc3ccc(Cl)cc3s2)cc1OC. The van der Waals surface area contributed by atoms with Gasteiger partial charge in [0.15, 0.2) is 16.6 Å². The molecule has 1 N–H and O–H groups in total. The Hall–Kier alpha value is -3.95. The van der Waals surface area contributed by atoms with Gasteiger partial charge in [-0.1, -0.05) is 29.0 Å². The number of rotatable bonds is 6. The van der Waals surface area contributed by atoms with Crippen LogP contribution in [0, 0.1) is 5.82 Å². The summed E-state index contributed by atoms with van der Waals surface area (Å²) in [6.07, 6.45) is 0. The zero-order chi connectivity index (χ0) is 26.3. The number of aliphatic hydroxyl groups is 1. The number of carbonyl (C=O) groups is 2. The number of anilines is 1. The fourth-order valence-corrected chi connectivity index (χ4v) is 5.50. The topological polar surface area (TPSA) is 89.0 Å². The van der Waals surface area contributed by atoms with Gasteiger partial charge in [-0.3, -0.25) is 14.5 Å². The van der Waals surface area contributed by atoms with Gasteiger partial charge in [0.05, 0.1) is 35.5 Å². The van der Waals surface area contributed by atoms with Crippen molar-refractivity contribution in [2.45, 2.75) is 13.0 Å². The third kappa shape index (κ3) is 4.41. The molecule has 10 heteroatoms. The monoisotopic (exact) mass is 538 g/mol. The Kier molecular flexibility index (Phi) is 6.57. The number of thiazole rings is 1. The number of Topliss-reactive ketones (excluding diaryl/α,β-unsaturated/α-hetero) is 1. The van der Waals surface area contributed by atoms with E-state index in [1.807, 2.05) is 6.92 Å². The first kappa shape index (κ1) is 24.7. The highest BCUT2D eigenvalue weighted by molar-refractivity contribution is 7.22. The Morgan fingerprint density at radius 3 is 2.57 bits per heavy atom. The summed E-state index contributed by atoms with van der Waals surface area (Å²) in [5.74, 6) is -1.80. The summed E-state index contributed by atoms with van der Waals surface area (Å²) in [6.45, 7) is 2.25. The van der Waals surface area contributed by atoms with E-state index in [1.54, 1.807) is 36.4 Å². The van der Waals surface area contributed by atoms with Crippen LogP contribution in [0.2, 0.25) is 5.02 Å². The Balaban J connectivity index is 1.73. The highest BCUT2D eigenvalue weighted by Gasteiger charge is 2.48. The second-order valence-electron chi connectivity index (χ2n) is 8.13. The molecular formula is C27H20ClFN2O5S. The second-order valence-corrected chi connectivity index (χ2v) is 9.57. The van der Waals surface area contributed by atoms with Crippen LogP contribution in [-0.2, 0) is 9.59 Å². The van der Waals surface area contributed by atoms with Crippen LogP contribution >= 0.6 is 22.9 Å². The maximum Gasteiger partial charge on any atom is 0.301 e. The molecule has 0 spiro atoms. The molecule has 1 saturated heterocycles. The van der Waals surface area contributed by atoms with Gasteiger partial charge < -0.3 is 14.6 Å². The number of hydrogen-bond donors (Lipinski definition) is 1. The molecule has 2 heterocycles. The smallest absolute Gasteiger partial charge is 0.301 e. The van der Waals surface area contributed by atoms with Crippen molar-refractivity contribution in [2.24, 2.45) is 0 Å². The van der Waals surface area contributed by atoms with Crippen molar-refractivity contribution in [3.63, 3.8) is 0 Å². The van der Waals surface area contributed by atoms with Crippen LogP contribution in [0.25, 0.3) is 16.0 Å². The second kappa shape index (κ2) is 9.84. The number of ether oxygens (including phenoxy) is 2. The van der Waals surface area contributed by atoms with Gasteiger partial charge in [0, 0.05) is 10.6 Å². The molecule has 0 bridgehead atoms. The van der Waals surface area contributed by atoms with Crippen molar-refractivity contribution in [1.29, 1.82) is 0 Å². The van der Waals surface area contributed by atoms with E-state index < -0.39 is 29.3 Å². The number of ketones is 1. The van der Waals surface area contributed by atoms with Gasteiger partial charge >= 0.3 is 5.91 Å². The molecule has 0 saturated carbocycles. The average Bonchev–Trinajstić information content (AvgIpc) is 3.42. The van der Waals surface area contributed by atoms with Gasteiger partial charge in [-0.2, -0.15) is 0 Å². The van der Waals surface area contributed by atoms with E-state index in [2.05, 4.69) is 4.98 Å². The van der Waals surface area contributed by atoms with Gasteiger partial charge in [-0.15, -0.1) is 0 Å². The van der Waals surface area contributed by atoms with Crippen molar-refractivity contribution < 1.29 is 28.6 Å². The van der Waals surface area contributed by atoms with Gasteiger partial charge in [0.25, 0.3) is 5.78 Å². The molecule has 5 rings (SSSR count). The van der Waals surface area contributed by atoms with Crippen LogP contribution in [0.3, 0.4) is 0 Å². The molecule has 1 aromatic heterocycles. The third-order valence-electron chi connectivity index (χ3n) is 5.91. The van der Waals surface area contributed by atoms with Crippen LogP contribution < -0.4 is 14.4 Å². The lowest BCUT2D eigenvalue weighted by atomic mass is 9.95. The number of amides is 1. The third-order valence-corrected chi connectivity index (χ3v) is 7.16. The molecule has 1 fully saturated rings. The Morgan fingerprint density at radius 2 is 1.86 bits per heavy atom. The van der Waals surface area contributed by atoms with E-state index in [0.717, 1.165) is 16.8 Å². The fourth-order valence-electron chi connectivity index (χ4n) is 4.23. The van der Waals surface area contributed by atoms with Gasteiger partial charge in [0.2, 0.25) is 0 Å². The largest absolute Gasteiger partial charge is 0.507 e. The maximum absolute atomic E-state index is 13.5. The van der Waals surface area contributed by atoms with E-state index >= 15 is 0 Å². The molecule has 1 amide bonds. The zero-order valence-corrected chi connectivity index (χ0v) is 21.3. The first-order valence-electron chi connectivity index (χ1n) is 11.3. The molecule has 188 valence electrons. The van der Waals surface area contributed by atoms with Crippen LogP contribution in [-0.4, -0.2) is 35.5 Å². The van der Waals surface area contributed by atoms with Crippen LogP contribution in [0.1, 0.15) is 24.1 Å². The van der Waals surface area contributed by atoms with E-state index in [0.29, 0.717) is 34.2 Å². The Labute approximate surface area is 220 Å². The molecule has 1 aliphatic heterocycles. The van der Waals surface area contributed by atoms with Gasteiger partial charge in [0.1, 0.15) is 11.6 Å². The number of halogens is 2. The summed E-state index contributed by atoms with van der Waals surface area (Å²) in [7, 11) is 1.48.